The second kappa shape index (κ2) is 8.40. The molecule has 22 heavy (non-hydrogen) atoms. The van der Waals surface area contributed by atoms with Crippen molar-refractivity contribution >= 4 is 5.78 Å². The summed E-state index contributed by atoms with van der Waals surface area (Å²) in [5, 5.41) is 0. The summed E-state index contributed by atoms with van der Waals surface area (Å²) >= 11 is 0. The van der Waals surface area contributed by atoms with Gasteiger partial charge >= 0.3 is 0 Å². The Balaban J connectivity index is 1.77. The van der Waals surface area contributed by atoms with Crippen molar-refractivity contribution in [2.45, 2.75) is 64.5 Å². The van der Waals surface area contributed by atoms with Gasteiger partial charge in [0.2, 0.25) is 0 Å². The van der Waals surface area contributed by atoms with Gasteiger partial charge in [0.15, 0.2) is 12.0 Å². The first-order chi connectivity index (χ1) is 10.6. The summed E-state index contributed by atoms with van der Waals surface area (Å²) in [4.78, 5) is 12.0. The van der Waals surface area contributed by atoms with Crippen LogP contribution in [0.5, 0.6) is 0 Å². The smallest absolute Gasteiger partial charge is 0.199 e. The van der Waals surface area contributed by atoms with Crippen molar-refractivity contribution in [1.82, 2.24) is 0 Å². The summed E-state index contributed by atoms with van der Waals surface area (Å²) in [7, 11) is 0. The van der Waals surface area contributed by atoms with Gasteiger partial charge in [0.1, 0.15) is 5.82 Å². The largest absolute Gasteiger partial charge is 0.291 e. The fourth-order valence-corrected chi connectivity index (χ4v) is 3.56. The van der Waals surface area contributed by atoms with Gasteiger partial charge in [-0.2, -0.15) is 0 Å². The Kier molecular flexibility index (Phi) is 6.53. The van der Waals surface area contributed by atoms with Gasteiger partial charge in [0.05, 0.1) is 5.56 Å². The minimum Gasteiger partial charge on any atom is -0.291 e. The van der Waals surface area contributed by atoms with Crippen molar-refractivity contribution in [2.75, 3.05) is 0 Å². The quantitative estimate of drug-likeness (QED) is 0.588. The van der Waals surface area contributed by atoms with E-state index in [9.17, 15) is 13.6 Å². The molecule has 0 amide bonds. The Bertz CT molecular complexity index is 478. The van der Waals surface area contributed by atoms with Gasteiger partial charge in [-0.05, 0) is 36.8 Å². The summed E-state index contributed by atoms with van der Waals surface area (Å²) in [5.41, 5.74) is -0.123. The van der Waals surface area contributed by atoms with Crippen molar-refractivity contribution in [2.24, 2.45) is 11.8 Å². The maximum atomic E-state index is 14.1. The lowest BCUT2D eigenvalue weighted by molar-refractivity contribution is 0.0853. The summed E-state index contributed by atoms with van der Waals surface area (Å²) in [6.07, 6.45) is 6.66. The summed E-state index contributed by atoms with van der Waals surface area (Å²) in [5.74, 6) is 0.0234. The fraction of sp³-hybridized carbons (Fsp3) is 0.632. The zero-order valence-electron chi connectivity index (χ0n) is 13.4. The van der Waals surface area contributed by atoms with Crippen LogP contribution in [0.4, 0.5) is 8.78 Å². The molecule has 1 aliphatic carbocycles. The zero-order chi connectivity index (χ0) is 15.9. The highest BCUT2D eigenvalue weighted by Crippen LogP contribution is 2.34. The molecule has 1 unspecified atom stereocenters. The number of hydrogen-bond acceptors (Lipinski definition) is 1. The standard InChI is InChI=1S/C19H26F2O/c1-2-5-14-8-10-15(11-9-14)12-13-18(21)19(22)16-6-3-4-7-17(16)20/h3-4,6-7,14-15,18H,2,5,8-13H2,1H3. The molecule has 1 aromatic rings. The van der Waals surface area contributed by atoms with Gasteiger partial charge in [-0.3, -0.25) is 4.79 Å². The van der Waals surface area contributed by atoms with Crippen LogP contribution in [0.2, 0.25) is 0 Å². The molecule has 0 heterocycles. The van der Waals surface area contributed by atoms with E-state index in [2.05, 4.69) is 6.92 Å². The molecule has 2 rings (SSSR count). The molecule has 1 saturated carbocycles. The Morgan fingerprint density at radius 3 is 2.32 bits per heavy atom. The van der Waals surface area contributed by atoms with Crippen LogP contribution < -0.4 is 0 Å². The third-order valence-corrected chi connectivity index (χ3v) is 4.92. The molecule has 0 spiro atoms. The van der Waals surface area contributed by atoms with Crippen LogP contribution in [0.3, 0.4) is 0 Å². The lowest BCUT2D eigenvalue weighted by Gasteiger charge is -2.28. The number of rotatable bonds is 7. The Labute approximate surface area is 132 Å². The number of hydrogen-bond donors (Lipinski definition) is 0. The van der Waals surface area contributed by atoms with Gasteiger partial charge in [-0.15, -0.1) is 0 Å². The highest BCUT2D eigenvalue weighted by atomic mass is 19.1. The van der Waals surface area contributed by atoms with E-state index in [0.29, 0.717) is 5.92 Å². The minimum atomic E-state index is -1.58. The molecule has 0 radical (unpaired) electrons. The number of carbonyl (C=O) groups excluding carboxylic acids is 1. The number of halogens is 2. The second-order valence-corrected chi connectivity index (χ2v) is 6.56. The van der Waals surface area contributed by atoms with Crippen molar-refractivity contribution < 1.29 is 13.6 Å². The molecule has 0 saturated heterocycles. The molecule has 1 atom stereocenters. The Hall–Kier alpha value is -1.25. The lowest BCUT2D eigenvalue weighted by Crippen LogP contribution is -2.20. The monoisotopic (exact) mass is 308 g/mol. The first-order valence-electron chi connectivity index (χ1n) is 8.54. The van der Waals surface area contributed by atoms with Crippen molar-refractivity contribution in [3.8, 4) is 0 Å². The molecule has 0 bridgehead atoms. The van der Waals surface area contributed by atoms with Crippen molar-refractivity contribution in [1.29, 1.82) is 0 Å². The van der Waals surface area contributed by atoms with Gasteiger partial charge in [0, 0.05) is 0 Å². The van der Waals surface area contributed by atoms with Crippen LogP contribution in [0.25, 0.3) is 0 Å². The Morgan fingerprint density at radius 2 is 1.73 bits per heavy atom. The molecule has 1 nitrogen and oxygen atoms in total. The van der Waals surface area contributed by atoms with Crippen LogP contribution in [0.15, 0.2) is 24.3 Å². The molecule has 1 fully saturated rings. The topological polar surface area (TPSA) is 17.1 Å². The van der Waals surface area contributed by atoms with E-state index in [1.807, 2.05) is 0 Å². The van der Waals surface area contributed by atoms with Crippen molar-refractivity contribution in [3.63, 3.8) is 0 Å². The molecule has 0 aromatic heterocycles. The summed E-state index contributed by atoms with van der Waals surface area (Å²) < 4.78 is 27.6. The van der Waals surface area contributed by atoms with Gasteiger partial charge < -0.3 is 0 Å². The molecule has 1 aliphatic rings. The number of alkyl halides is 1. The van der Waals surface area contributed by atoms with E-state index < -0.39 is 17.8 Å². The first kappa shape index (κ1) is 17.1. The third kappa shape index (κ3) is 4.62. The van der Waals surface area contributed by atoms with Crippen LogP contribution in [-0.2, 0) is 0 Å². The summed E-state index contributed by atoms with van der Waals surface area (Å²) in [6.45, 7) is 2.22. The van der Waals surface area contributed by atoms with E-state index in [-0.39, 0.29) is 12.0 Å². The average molecular weight is 308 g/mol. The molecule has 0 N–H and O–H groups in total. The number of Topliss-reactive ketones (excluding diaryl/α,β-unsaturated/α-hetero) is 1. The average Bonchev–Trinajstić information content (AvgIpc) is 2.54. The number of benzene rings is 1. The first-order valence-corrected chi connectivity index (χ1v) is 8.54. The van der Waals surface area contributed by atoms with Crippen LogP contribution in [0.1, 0.15) is 68.6 Å². The van der Waals surface area contributed by atoms with Crippen LogP contribution >= 0.6 is 0 Å². The van der Waals surface area contributed by atoms with Crippen LogP contribution in [-0.4, -0.2) is 12.0 Å². The number of carbonyl (C=O) groups is 1. The predicted octanol–water partition coefficient (Wildman–Crippen LogP) is 5.73. The molecule has 0 aliphatic heterocycles. The van der Waals surface area contributed by atoms with Gasteiger partial charge in [-0.1, -0.05) is 57.6 Å². The zero-order valence-corrected chi connectivity index (χ0v) is 13.4. The SMILES string of the molecule is CCCC1CCC(CCC(F)C(=O)c2ccccc2F)CC1. The third-order valence-electron chi connectivity index (χ3n) is 4.92. The highest BCUT2D eigenvalue weighted by Gasteiger charge is 2.25. The minimum absolute atomic E-state index is 0.123. The summed E-state index contributed by atoms with van der Waals surface area (Å²) in [6, 6.07) is 5.64. The normalized spacial score (nSPS) is 23.2. The van der Waals surface area contributed by atoms with E-state index in [1.54, 1.807) is 6.07 Å². The van der Waals surface area contributed by atoms with E-state index in [4.69, 9.17) is 0 Å². The van der Waals surface area contributed by atoms with E-state index in [0.717, 1.165) is 25.2 Å². The predicted molar refractivity (Wildman–Crippen MR) is 85.2 cm³/mol. The molecule has 3 heteroatoms. The van der Waals surface area contributed by atoms with Crippen LogP contribution in [0, 0.1) is 17.7 Å². The molecular formula is C19H26F2O. The van der Waals surface area contributed by atoms with Gasteiger partial charge in [0.25, 0.3) is 0 Å². The second-order valence-electron chi connectivity index (χ2n) is 6.56. The number of ketones is 1. The Morgan fingerprint density at radius 1 is 1.14 bits per heavy atom. The maximum absolute atomic E-state index is 14.1. The fourth-order valence-electron chi connectivity index (χ4n) is 3.56. The van der Waals surface area contributed by atoms with E-state index >= 15 is 0 Å². The van der Waals surface area contributed by atoms with E-state index in [1.165, 1.54) is 43.9 Å². The molecular weight excluding hydrogens is 282 g/mol. The lowest BCUT2D eigenvalue weighted by atomic mass is 9.78. The van der Waals surface area contributed by atoms with Crippen molar-refractivity contribution in [3.05, 3.63) is 35.6 Å². The maximum Gasteiger partial charge on any atom is 0.199 e. The van der Waals surface area contributed by atoms with Gasteiger partial charge in [-0.25, -0.2) is 8.78 Å². The highest BCUT2D eigenvalue weighted by molar-refractivity contribution is 5.99. The molecule has 122 valence electrons. The molecule has 1 aromatic carbocycles.